The number of rotatable bonds is 4. The van der Waals surface area contributed by atoms with Gasteiger partial charge in [-0.1, -0.05) is 0 Å². The standard InChI is InChI=1S/C14H21N3O4/c1-14(2,3)21-13(19)17-11(12(18)20-4)8-10-9(15)6-5-7-16-10/h5-7,11H,8,15H2,1-4H3,(H,17,19). The number of pyridine rings is 1. The number of hydrogen-bond donors (Lipinski definition) is 2. The van der Waals surface area contributed by atoms with Crippen LogP contribution in [0.4, 0.5) is 10.5 Å². The van der Waals surface area contributed by atoms with Gasteiger partial charge in [-0.2, -0.15) is 0 Å². The van der Waals surface area contributed by atoms with Crippen molar-refractivity contribution in [3.8, 4) is 0 Å². The minimum atomic E-state index is -0.915. The fourth-order valence-corrected chi connectivity index (χ4v) is 1.60. The molecule has 0 fully saturated rings. The van der Waals surface area contributed by atoms with Gasteiger partial charge in [0.1, 0.15) is 11.6 Å². The maximum absolute atomic E-state index is 11.8. The highest BCUT2D eigenvalue weighted by Crippen LogP contribution is 2.12. The average Bonchev–Trinajstić information content (AvgIpc) is 2.37. The molecule has 7 heteroatoms. The highest BCUT2D eigenvalue weighted by molar-refractivity contribution is 5.81. The zero-order chi connectivity index (χ0) is 16.0. The van der Waals surface area contributed by atoms with Crippen molar-refractivity contribution in [1.82, 2.24) is 10.3 Å². The molecule has 116 valence electrons. The number of methoxy groups -OCH3 is 1. The maximum Gasteiger partial charge on any atom is 0.408 e. The molecule has 1 unspecified atom stereocenters. The van der Waals surface area contributed by atoms with Crippen molar-refractivity contribution in [2.24, 2.45) is 0 Å². The lowest BCUT2D eigenvalue weighted by Crippen LogP contribution is -2.45. The first kappa shape index (κ1) is 16.7. The minimum Gasteiger partial charge on any atom is -0.467 e. The minimum absolute atomic E-state index is 0.124. The highest BCUT2D eigenvalue weighted by atomic mass is 16.6. The van der Waals surface area contributed by atoms with Crippen LogP contribution in [0.3, 0.4) is 0 Å². The third-order valence-corrected chi connectivity index (χ3v) is 2.50. The van der Waals surface area contributed by atoms with Crippen LogP contribution < -0.4 is 11.1 Å². The second-order valence-corrected chi connectivity index (χ2v) is 5.47. The molecule has 0 aliphatic carbocycles. The molecule has 0 aliphatic rings. The molecule has 1 aromatic rings. The Balaban J connectivity index is 2.80. The van der Waals surface area contributed by atoms with E-state index in [0.29, 0.717) is 11.4 Å². The molecule has 1 amide bonds. The molecular formula is C14H21N3O4. The maximum atomic E-state index is 11.8. The van der Waals surface area contributed by atoms with E-state index in [-0.39, 0.29) is 6.42 Å². The van der Waals surface area contributed by atoms with E-state index in [4.69, 9.17) is 10.5 Å². The van der Waals surface area contributed by atoms with Crippen LogP contribution in [0.25, 0.3) is 0 Å². The van der Waals surface area contributed by atoms with Gasteiger partial charge in [-0.15, -0.1) is 0 Å². The largest absolute Gasteiger partial charge is 0.467 e. The third kappa shape index (κ3) is 5.68. The van der Waals surface area contributed by atoms with E-state index in [0.717, 1.165) is 0 Å². The van der Waals surface area contributed by atoms with E-state index < -0.39 is 23.7 Å². The number of amides is 1. The van der Waals surface area contributed by atoms with E-state index >= 15 is 0 Å². The Morgan fingerprint density at radius 1 is 1.43 bits per heavy atom. The Labute approximate surface area is 123 Å². The second kappa shape index (κ2) is 6.92. The number of ether oxygens (including phenoxy) is 2. The molecule has 0 saturated carbocycles. The summed E-state index contributed by atoms with van der Waals surface area (Å²) in [5, 5.41) is 2.47. The lowest BCUT2D eigenvalue weighted by atomic mass is 10.1. The van der Waals surface area contributed by atoms with E-state index in [9.17, 15) is 9.59 Å². The molecule has 21 heavy (non-hydrogen) atoms. The molecule has 1 rings (SSSR count). The number of esters is 1. The van der Waals surface area contributed by atoms with Crippen LogP contribution >= 0.6 is 0 Å². The number of nitrogens with two attached hydrogens (primary N) is 1. The molecule has 0 spiro atoms. The highest BCUT2D eigenvalue weighted by Gasteiger charge is 2.26. The summed E-state index contributed by atoms with van der Waals surface area (Å²) in [4.78, 5) is 27.6. The van der Waals surface area contributed by atoms with Crippen LogP contribution in [0.15, 0.2) is 18.3 Å². The Bertz CT molecular complexity index is 511. The van der Waals surface area contributed by atoms with Crippen LogP contribution in [0.5, 0.6) is 0 Å². The Morgan fingerprint density at radius 3 is 2.62 bits per heavy atom. The van der Waals surface area contributed by atoms with Crippen LogP contribution in [-0.4, -0.2) is 35.8 Å². The van der Waals surface area contributed by atoms with Crippen LogP contribution in [0.1, 0.15) is 26.5 Å². The predicted octanol–water partition coefficient (Wildman–Crippen LogP) is 1.27. The fourth-order valence-electron chi connectivity index (χ4n) is 1.60. The normalized spacial score (nSPS) is 12.4. The molecular weight excluding hydrogens is 274 g/mol. The number of nitrogens with one attached hydrogen (secondary N) is 1. The van der Waals surface area contributed by atoms with Crippen molar-refractivity contribution in [3.05, 3.63) is 24.0 Å². The SMILES string of the molecule is COC(=O)C(Cc1ncccc1N)NC(=O)OC(C)(C)C. The summed E-state index contributed by atoms with van der Waals surface area (Å²) in [5.74, 6) is -0.592. The fraction of sp³-hybridized carbons (Fsp3) is 0.500. The first-order chi connectivity index (χ1) is 9.73. The van der Waals surface area contributed by atoms with Gasteiger partial charge >= 0.3 is 12.1 Å². The molecule has 0 saturated heterocycles. The van der Waals surface area contributed by atoms with Gasteiger partial charge in [0.25, 0.3) is 0 Å². The molecule has 0 aliphatic heterocycles. The summed E-state index contributed by atoms with van der Waals surface area (Å²) in [6.07, 6.45) is 0.985. The Kier molecular flexibility index (Phi) is 5.52. The van der Waals surface area contributed by atoms with E-state index in [2.05, 4.69) is 15.0 Å². The molecule has 3 N–H and O–H groups in total. The van der Waals surface area contributed by atoms with Gasteiger partial charge in [0.15, 0.2) is 0 Å². The summed E-state index contributed by atoms with van der Waals surface area (Å²) in [7, 11) is 1.24. The number of carbonyl (C=O) groups excluding carboxylic acids is 2. The number of aromatic nitrogens is 1. The van der Waals surface area contributed by atoms with Gasteiger partial charge < -0.3 is 20.5 Å². The monoisotopic (exact) mass is 295 g/mol. The summed E-state index contributed by atoms with van der Waals surface area (Å²) in [6, 6.07) is 2.44. The molecule has 0 aromatic carbocycles. The van der Waals surface area contributed by atoms with Crippen molar-refractivity contribution < 1.29 is 19.1 Å². The molecule has 0 bridgehead atoms. The van der Waals surface area contributed by atoms with Gasteiger partial charge in [-0.25, -0.2) is 9.59 Å². The molecule has 1 aromatic heterocycles. The number of hydrogen-bond acceptors (Lipinski definition) is 6. The Hall–Kier alpha value is -2.31. The van der Waals surface area contributed by atoms with Gasteiger partial charge in [0.05, 0.1) is 18.5 Å². The average molecular weight is 295 g/mol. The molecule has 1 atom stereocenters. The van der Waals surface area contributed by atoms with Crippen LogP contribution in [0, 0.1) is 0 Å². The second-order valence-electron chi connectivity index (χ2n) is 5.47. The van der Waals surface area contributed by atoms with Gasteiger partial charge in [-0.3, -0.25) is 4.98 Å². The van der Waals surface area contributed by atoms with E-state index in [1.54, 1.807) is 39.1 Å². The molecule has 0 radical (unpaired) electrons. The quantitative estimate of drug-likeness (QED) is 0.811. The van der Waals surface area contributed by atoms with Crippen molar-refractivity contribution in [2.75, 3.05) is 12.8 Å². The van der Waals surface area contributed by atoms with Crippen molar-refractivity contribution in [1.29, 1.82) is 0 Å². The molecule has 7 nitrogen and oxygen atoms in total. The number of nitrogen functional groups attached to an aromatic ring is 1. The van der Waals surface area contributed by atoms with Crippen molar-refractivity contribution in [2.45, 2.75) is 38.8 Å². The van der Waals surface area contributed by atoms with E-state index in [1.807, 2.05) is 0 Å². The van der Waals surface area contributed by atoms with Gasteiger partial charge in [-0.05, 0) is 32.9 Å². The summed E-state index contributed by atoms with van der Waals surface area (Å²) in [5.41, 5.74) is 6.07. The van der Waals surface area contributed by atoms with Gasteiger partial charge in [0, 0.05) is 12.6 Å². The summed E-state index contributed by atoms with van der Waals surface area (Å²) in [6.45, 7) is 5.20. The zero-order valence-corrected chi connectivity index (χ0v) is 12.7. The lowest BCUT2D eigenvalue weighted by Gasteiger charge is -2.22. The number of nitrogens with zero attached hydrogens (tertiary/aromatic N) is 1. The number of carbonyl (C=O) groups is 2. The Morgan fingerprint density at radius 2 is 2.10 bits per heavy atom. The van der Waals surface area contributed by atoms with Crippen LogP contribution in [-0.2, 0) is 20.7 Å². The predicted molar refractivity (Wildman–Crippen MR) is 77.5 cm³/mol. The lowest BCUT2D eigenvalue weighted by molar-refractivity contribution is -0.143. The number of anilines is 1. The topological polar surface area (TPSA) is 104 Å². The first-order valence-corrected chi connectivity index (χ1v) is 6.49. The summed E-state index contributed by atoms with van der Waals surface area (Å²) >= 11 is 0. The third-order valence-electron chi connectivity index (χ3n) is 2.50. The number of alkyl carbamates (subject to hydrolysis) is 1. The zero-order valence-electron chi connectivity index (χ0n) is 12.7. The van der Waals surface area contributed by atoms with Gasteiger partial charge in [0.2, 0.25) is 0 Å². The van der Waals surface area contributed by atoms with Crippen molar-refractivity contribution in [3.63, 3.8) is 0 Å². The summed E-state index contributed by atoms with van der Waals surface area (Å²) < 4.78 is 9.80. The smallest absolute Gasteiger partial charge is 0.408 e. The van der Waals surface area contributed by atoms with E-state index in [1.165, 1.54) is 7.11 Å². The first-order valence-electron chi connectivity index (χ1n) is 6.49. The van der Waals surface area contributed by atoms with Crippen molar-refractivity contribution >= 4 is 17.7 Å². The van der Waals surface area contributed by atoms with Crippen LogP contribution in [0.2, 0.25) is 0 Å². The molecule has 1 heterocycles.